The van der Waals surface area contributed by atoms with E-state index in [9.17, 15) is 9.59 Å². The molecule has 0 spiro atoms. The van der Waals surface area contributed by atoms with Gasteiger partial charge in [-0.2, -0.15) is 0 Å². The average Bonchev–Trinajstić information content (AvgIpc) is 2.30. The second-order valence-electron chi connectivity index (χ2n) is 3.83. The van der Waals surface area contributed by atoms with E-state index in [4.69, 9.17) is 0 Å². The lowest BCUT2D eigenvalue weighted by molar-refractivity contribution is -0.143. The number of nitrogens with one attached hydrogen (secondary N) is 1. The summed E-state index contributed by atoms with van der Waals surface area (Å²) in [5.74, 6) is -0.772. The Balaban J connectivity index is 2.15. The van der Waals surface area contributed by atoms with Crippen LogP contribution in [0.3, 0.4) is 0 Å². The van der Waals surface area contributed by atoms with Gasteiger partial charge in [-0.15, -0.1) is 0 Å². The van der Waals surface area contributed by atoms with E-state index in [0.29, 0.717) is 6.42 Å². The maximum Gasteiger partial charge on any atom is 0.306 e. The van der Waals surface area contributed by atoms with Crippen LogP contribution in [0.1, 0.15) is 12.0 Å². The molecule has 1 atom stereocenters. The smallest absolute Gasteiger partial charge is 0.306 e. The number of esters is 1. The van der Waals surface area contributed by atoms with E-state index in [1.807, 2.05) is 24.3 Å². The van der Waals surface area contributed by atoms with Crippen molar-refractivity contribution in [3.05, 3.63) is 29.8 Å². The SMILES string of the molecule is COC(=O)CC1Cc2ccccc2NC1=O. The third-order valence-corrected chi connectivity index (χ3v) is 2.75. The lowest BCUT2D eigenvalue weighted by atomic mass is 9.91. The summed E-state index contributed by atoms with van der Waals surface area (Å²) in [5.41, 5.74) is 1.91. The fourth-order valence-electron chi connectivity index (χ4n) is 1.86. The molecule has 1 heterocycles. The number of para-hydroxylation sites is 1. The number of amides is 1. The monoisotopic (exact) mass is 219 g/mol. The Labute approximate surface area is 93.6 Å². The van der Waals surface area contributed by atoms with Crippen molar-refractivity contribution in [3.63, 3.8) is 0 Å². The Hall–Kier alpha value is -1.84. The number of ether oxygens (including phenoxy) is 1. The molecule has 1 aliphatic rings. The van der Waals surface area contributed by atoms with Gasteiger partial charge in [0, 0.05) is 5.69 Å². The molecule has 1 unspecified atom stereocenters. The number of carbonyl (C=O) groups is 2. The third kappa shape index (κ3) is 2.05. The summed E-state index contributed by atoms with van der Waals surface area (Å²) in [6.07, 6.45) is 0.730. The Bertz CT molecular complexity index is 428. The van der Waals surface area contributed by atoms with E-state index < -0.39 is 0 Å². The number of rotatable bonds is 2. The van der Waals surface area contributed by atoms with Crippen LogP contribution in [0.5, 0.6) is 0 Å². The minimum absolute atomic E-state index is 0.107. The maximum atomic E-state index is 11.7. The van der Waals surface area contributed by atoms with E-state index in [2.05, 4.69) is 10.1 Å². The van der Waals surface area contributed by atoms with Crippen molar-refractivity contribution < 1.29 is 14.3 Å². The van der Waals surface area contributed by atoms with Gasteiger partial charge in [-0.25, -0.2) is 0 Å². The summed E-state index contributed by atoms with van der Waals surface area (Å²) in [6, 6.07) is 7.62. The van der Waals surface area contributed by atoms with Gasteiger partial charge >= 0.3 is 5.97 Å². The van der Waals surface area contributed by atoms with Gasteiger partial charge in [0.2, 0.25) is 5.91 Å². The molecule has 1 aliphatic heterocycles. The summed E-state index contributed by atoms with van der Waals surface area (Å²) in [4.78, 5) is 22.8. The molecule has 0 aliphatic carbocycles. The average molecular weight is 219 g/mol. The molecule has 1 aromatic carbocycles. The number of methoxy groups -OCH3 is 1. The van der Waals surface area contributed by atoms with Crippen LogP contribution in [0.25, 0.3) is 0 Å². The third-order valence-electron chi connectivity index (χ3n) is 2.75. The predicted molar refractivity (Wildman–Crippen MR) is 58.9 cm³/mol. The highest BCUT2D eigenvalue weighted by atomic mass is 16.5. The van der Waals surface area contributed by atoms with Gasteiger partial charge in [0.25, 0.3) is 0 Å². The highest BCUT2D eigenvalue weighted by molar-refractivity contribution is 5.97. The summed E-state index contributed by atoms with van der Waals surface area (Å²) >= 11 is 0. The van der Waals surface area contributed by atoms with Gasteiger partial charge in [-0.05, 0) is 18.1 Å². The first-order chi connectivity index (χ1) is 7.70. The summed E-state index contributed by atoms with van der Waals surface area (Å²) in [6.45, 7) is 0. The van der Waals surface area contributed by atoms with E-state index in [1.165, 1.54) is 7.11 Å². The minimum atomic E-state index is -0.348. The first-order valence-corrected chi connectivity index (χ1v) is 5.16. The number of fused-ring (bicyclic) bond motifs is 1. The van der Waals surface area contributed by atoms with Gasteiger partial charge in [0.1, 0.15) is 0 Å². The Morgan fingerprint density at radius 2 is 2.25 bits per heavy atom. The molecule has 0 fully saturated rings. The lowest BCUT2D eigenvalue weighted by Gasteiger charge is -2.23. The van der Waals surface area contributed by atoms with E-state index >= 15 is 0 Å². The molecule has 2 rings (SSSR count). The molecule has 1 aromatic rings. The number of hydrogen-bond donors (Lipinski definition) is 1. The van der Waals surface area contributed by atoms with Crippen LogP contribution in [0.15, 0.2) is 24.3 Å². The molecule has 1 amide bonds. The zero-order valence-corrected chi connectivity index (χ0v) is 9.03. The fraction of sp³-hybridized carbons (Fsp3) is 0.333. The highest BCUT2D eigenvalue weighted by Crippen LogP contribution is 2.26. The molecule has 1 N–H and O–H groups in total. The van der Waals surface area contributed by atoms with Crippen LogP contribution in [0, 0.1) is 5.92 Å². The van der Waals surface area contributed by atoms with Crippen LogP contribution in [-0.2, 0) is 20.7 Å². The Morgan fingerprint density at radius 1 is 1.50 bits per heavy atom. The fourth-order valence-corrected chi connectivity index (χ4v) is 1.86. The quantitative estimate of drug-likeness (QED) is 0.764. The predicted octanol–water partition coefficient (Wildman–Crippen LogP) is 1.36. The topological polar surface area (TPSA) is 55.4 Å². The van der Waals surface area contributed by atoms with Crippen molar-refractivity contribution in [2.24, 2.45) is 5.92 Å². The van der Waals surface area contributed by atoms with Crippen molar-refractivity contribution in [1.29, 1.82) is 0 Å². The van der Waals surface area contributed by atoms with Crippen molar-refractivity contribution in [2.75, 3.05) is 12.4 Å². The van der Waals surface area contributed by atoms with Crippen LogP contribution < -0.4 is 5.32 Å². The van der Waals surface area contributed by atoms with Crippen LogP contribution >= 0.6 is 0 Å². The molecule has 16 heavy (non-hydrogen) atoms. The van der Waals surface area contributed by atoms with Crippen LogP contribution in [0.2, 0.25) is 0 Å². The van der Waals surface area contributed by atoms with Gasteiger partial charge in [0.05, 0.1) is 19.4 Å². The number of anilines is 1. The molecule has 0 radical (unpaired) electrons. The zero-order valence-electron chi connectivity index (χ0n) is 9.03. The first-order valence-electron chi connectivity index (χ1n) is 5.16. The van der Waals surface area contributed by atoms with Gasteiger partial charge < -0.3 is 10.1 Å². The molecule has 0 saturated carbocycles. The van der Waals surface area contributed by atoms with Gasteiger partial charge in [-0.1, -0.05) is 18.2 Å². The summed E-state index contributed by atoms with van der Waals surface area (Å²) < 4.78 is 4.57. The molecular formula is C12H13NO3. The van der Waals surface area contributed by atoms with E-state index in [-0.39, 0.29) is 24.2 Å². The maximum absolute atomic E-state index is 11.7. The van der Waals surface area contributed by atoms with Crippen molar-refractivity contribution in [3.8, 4) is 0 Å². The lowest BCUT2D eigenvalue weighted by Crippen LogP contribution is -2.31. The second kappa shape index (κ2) is 4.35. The highest BCUT2D eigenvalue weighted by Gasteiger charge is 2.27. The first kappa shape index (κ1) is 10.7. The van der Waals surface area contributed by atoms with Gasteiger partial charge in [-0.3, -0.25) is 9.59 Å². The summed E-state index contributed by atoms with van der Waals surface area (Å²) in [7, 11) is 1.33. The molecular weight excluding hydrogens is 206 g/mol. The summed E-state index contributed by atoms with van der Waals surface area (Å²) in [5, 5.41) is 2.79. The Kier molecular flexibility index (Phi) is 2.90. The second-order valence-corrected chi connectivity index (χ2v) is 3.83. The largest absolute Gasteiger partial charge is 0.469 e. The molecule has 0 aromatic heterocycles. The molecule has 84 valence electrons. The van der Waals surface area contributed by atoms with Crippen LogP contribution in [0.4, 0.5) is 5.69 Å². The van der Waals surface area contributed by atoms with Crippen LogP contribution in [-0.4, -0.2) is 19.0 Å². The normalized spacial score (nSPS) is 18.6. The molecule has 0 saturated heterocycles. The zero-order chi connectivity index (χ0) is 11.5. The van der Waals surface area contributed by atoms with Crippen molar-refractivity contribution >= 4 is 17.6 Å². The molecule has 4 nitrogen and oxygen atoms in total. The number of carbonyl (C=O) groups excluding carboxylic acids is 2. The van der Waals surface area contributed by atoms with Crippen molar-refractivity contribution in [1.82, 2.24) is 0 Å². The molecule has 0 bridgehead atoms. The molecule has 4 heteroatoms. The standard InChI is InChI=1S/C12H13NO3/c1-16-11(14)7-9-6-8-4-2-3-5-10(8)13-12(9)15/h2-5,9H,6-7H2,1H3,(H,13,15). The van der Waals surface area contributed by atoms with E-state index in [1.54, 1.807) is 0 Å². The number of benzene rings is 1. The Morgan fingerprint density at radius 3 is 3.00 bits per heavy atom. The minimum Gasteiger partial charge on any atom is -0.469 e. The van der Waals surface area contributed by atoms with E-state index in [0.717, 1.165) is 11.3 Å². The van der Waals surface area contributed by atoms with Crippen molar-refractivity contribution in [2.45, 2.75) is 12.8 Å². The number of hydrogen-bond acceptors (Lipinski definition) is 3. The van der Waals surface area contributed by atoms with Gasteiger partial charge in [0.15, 0.2) is 0 Å².